The number of phenolic OH excluding ortho intramolecular Hbond substituents is 1. The van der Waals surface area contributed by atoms with Gasteiger partial charge in [0.15, 0.2) is 5.49 Å². The minimum atomic E-state index is 0.212. The van der Waals surface area contributed by atoms with E-state index in [1.54, 1.807) is 32.4 Å². The molecule has 0 fully saturated rings. The number of phenols is 1. The highest BCUT2D eigenvalue weighted by Crippen LogP contribution is 2.18. The molecule has 3 N–H and O–H groups in total. The van der Waals surface area contributed by atoms with Crippen molar-refractivity contribution in [3.63, 3.8) is 0 Å². The summed E-state index contributed by atoms with van der Waals surface area (Å²) in [5.74, 6) is 0.843. The van der Waals surface area contributed by atoms with Crippen molar-refractivity contribution >= 4 is 17.5 Å². The van der Waals surface area contributed by atoms with E-state index < -0.39 is 0 Å². The summed E-state index contributed by atoms with van der Waals surface area (Å²) >= 11 is 0. The number of hydrogen-bond donors (Lipinski definition) is 2. The lowest BCUT2D eigenvalue weighted by molar-refractivity contribution is 0.307. The molecule has 0 aliphatic rings. The zero-order valence-corrected chi connectivity index (χ0v) is 20.6. The number of benzene rings is 1. The molecule has 1 aromatic heterocycles. The zero-order valence-electron chi connectivity index (χ0n) is 20.6. The number of aromatic nitrogens is 2. The standard InChI is InChI=1S/C27H36N4O2/c1-9-18(5)15-23(28)26-27(29-7)30(20(10-2)17-22(11-3)33-8)25(12-4)31(26)24-14-13-21(32)16-19(24)6/h10-14,16-17,32H,3,5,9,15,28H2,1-2,4,6-8H3. The number of allylic oxidation sites excluding steroid dienone is 4. The minimum absolute atomic E-state index is 0.212. The molecule has 6 nitrogen and oxygen atoms in total. The Balaban J connectivity index is 3.20. The molecule has 33 heavy (non-hydrogen) atoms. The molecule has 0 saturated carbocycles. The Bertz CT molecular complexity index is 1300. The zero-order chi connectivity index (χ0) is 24.7. The van der Waals surface area contributed by atoms with E-state index in [0.29, 0.717) is 23.4 Å². The molecule has 2 aromatic rings. The molecule has 0 atom stereocenters. The summed E-state index contributed by atoms with van der Waals surface area (Å²) in [5.41, 5.74) is 12.7. The van der Waals surface area contributed by atoms with Crippen molar-refractivity contribution in [3.8, 4) is 11.4 Å². The number of nitrogens with two attached hydrogens (primary N) is 1. The Hall–Kier alpha value is -3.67. The van der Waals surface area contributed by atoms with Crippen LogP contribution in [0.5, 0.6) is 5.75 Å². The van der Waals surface area contributed by atoms with Crippen LogP contribution in [-0.4, -0.2) is 28.4 Å². The molecule has 0 amide bonds. The maximum absolute atomic E-state index is 10.0. The second-order valence-electron chi connectivity index (χ2n) is 7.66. The molecular formula is C27H36N4O2. The fourth-order valence-corrected chi connectivity index (χ4v) is 3.77. The molecule has 1 heterocycles. The van der Waals surface area contributed by atoms with Crippen molar-refractivity contribution in [1.29, 1.82) is 0 Å². The van der Waals surface area contributed by atoms with Gasteiger partial charge in [0.25, 0.3) is 0 Å². The Morgan fingerprint density at radius 2 is 2.00 bits per heavy atom. The van der Waals surface area contributed by atoms with Crippen molar-refractivity contribution in [2.45, 2.75) is 40.5 Å². The minimum Gasteiger partial charge on any atom is -0.508 e. The molecule has 2 rings (SSSR count). The number of imidazole rings is 1. The Labute approximate surface area is 196 Å². The normalized spacial score (nSPS) is 14.5. The second kappa shape index (κ2) is 11.3. The summed E-state index contributed by atoms with van der Waals surface area (Å²) in [4.78, 5) is 4.66. The van der Waals surface area contributed by atoms with Gasteiger partial charge in [-0.05, 0) is 63.1 Å². The first-order valence-electron chi connectivity index (χ1n) is 11.0. The quantitative estimate of drug-likeness (QED) is 0.368. The first-order valence-corrected chi connectivity index (χ1v) is 11.0. The Morgan fingerprint density at radius 3 is 2.48 bits per heavy atom. The van der Waals surface area contributed by atoms with Crippen LogP contribution < -0.4 is 22.1 Å². The van der Waals surface area contributed by atoms with Gasteiger partial charge in [-0.2, -0.15) is 0 Å². The van der Waals surface area contributed by atoms with Gasteiger partial charge in [-0.25, -0.2) is 0 Å². The third kappa shape index (κ3) is 5.22. The maximum Gasteiger partial charge on any atom is 0.160 e. The van der Waals surface area contributed by atoms with Gasteiger partial charge in [-0.3, -0.25) is 14.1 Å². The van der Waals surface area contributed by atoms with Crippen LogP contribution in [0, 0.1) is 6.92 Å². The summed E-state index contributed by atoms with van der Waals surface area (Å²) in [6.07, 6.45) is 8.97. The number of aromatic hydroxyl groups is 1. The SMILES string of the molecule is C=CC(=CC(=CC)n1c(=NC)c(=C(N)CC(=C)CC)n(-c2ccc(O)cc2C)c1=CC)OC. The fourth-order valence-electron chi connectivity index (χ4n) is 3.77. The third-order valence-electron chi connectivity index (χ3n) is 5.52. The summed E-state index contributed by atoms with van der Waals surface area (Å²) in [6, 6.07) is 5.31. The molecule has 176 valence electrons. The molecule has 0 unspecified atom stereocenters. The fraction of sp³-hybridized carbons (Fsp3) is 0.296. The summed E-state index contributed by atoms with van der Waals surface area (Å²) in [7, 11) is 3.37. The number of methoxy groups -OCH3 is 1. The highest BCUT2D eigenvalue weighted by molar-refractivity contribution is 5.60. The lowest BCUT2D eigenvalue weighted by Gasteiger charge is -2.12. The van der Waals surface area contributed by atoms with Crippen molar-refractivity contribution in [2.75, 3.05) is 14.2 Å². The van der Waals surface area contributed by atoms with Crippen LogP contribution in [0.25, 0.3) is 23.2 Å². The maximum atomic E-state index is 10.0. The van der Waals surface area contributed by atoms with Crippen LogP contribution in [-0.2, 0) is 4.74 Å². The number of ether oxygens (including phenoxy) is 1. The molecule has 0 aliphatic heterocycles. The Kier molecular flexibility index (Phi) is 8.74. The van der Waals surface area contributed by atoms with E-state index in [4.69, 9.17) is 10.5 Å². The van der Waals surface area contributed by atoms with E-state index in [9.17, 15) is 5.11 Å². The lowest BCUT2D eigenvalue weighted by Crippen LogP contribution is -2.37. The van der Waals surface area contributed by atoms with E-state index in [2.05, 4.69) is 29.6 Å². The van der Waals surface area contributed by atoms with E-state index in [-0.39, 0.29) is 5.75 Å². The largest absolute Gasteiger partial charge is 0.508 e. The van der Waals surface area contributed by atoms with Gasteiger partial charge in [0.1, 0.15) is 22.3 Å². The summed E-state index contributed by atoms with van der Waals surface area (Å²) in [5, 5.41) is 10.8. The van der Waals surface area contributed by atoms with E-state index in [0.717, 1.165) is 39.8 Å². The molecule has 0 aliphatic carbocycles. The van der Waals surface area contributed by atoms with Gasteiger partial charge in [0.05, 0.1) is 12.8 Å². The monoisotopic (exact) mass is 448 g/mol. The molecule has 1 aromatic carbocycles. The average molecular weight is 449 g/mol. The van der Waals surface area contributed by atoms with Gasteiger partial charge >= 0.3 is 0 Å². The van der Waals surface area contributed by atoms with Gasteiger partial charge in [0, 0.05) is 30.9 Å². The number of aryl methyl sites for hydroxylation is 1. The summed E-state index contributed by atoms with van der Waals surface area (Å²) in [6.45, 7) is 16.0. The number of rotatable bonds is 8. The van der Waals surface area contributed by atoms with Gasteiger partial charge in [-0.1, -0.05) is 31.7 Å². The van der Waals surface area contributed by atoms with Gasteiger partial charge in [0.2, 0.25) is 0 Å². The van der Waals surface area contributed by atoms with Gasteiger partial charge < -0.3 is 15.6 Å². The first-order chi connectivity index (χ1) is 15.8. The van der Waals surface area contributed by atoms with Crippen LogP contribution in [0.4, 0.5) is 0 Å². The van der Waals surface area contributed by atoms with Crippen LogP contribution in [0.3, 0.4) is 0 Å². The third-order valence-corrected chi connectivity index (χ3v) is 5.52. The van der Waals surface area contributed by atoms with Crippen molar-refractivity contribution < 1.29 is 9.84 Å². The molecule has 0 spiro atoms. The van der Waals surface area contributed by atoms with Crippen LogP contribution in [0.1, 0.15) is 39.2 Å². The second-order valence-corrected chi connectivity index (χ2v) is 7.66. The van der Waals surface area contributed by atoms with E-state index >= 15 is 0 Å². The highest BCUT2D eigenvalue weighted by Gasteiger charge is 2.16. The van der Waals surface area contributed by atoms with Crippen molar-refractivity contribution in [1.82, 2.24) is 9.13 Å². The molecular weight excluding hydrogens is 412 g/mol. The Morgan fingerprint density at radius 1 is 1.30 bits per heavy atom. The summed E-state index contributed by atoms with van der Waals surface area (Å²) < 4.78 is 9.58. The predicted octanol–water partition coefficient (Wildman–Crippen LogP) is 3.62. The highest BCUT2D eigenvalue weighted by atomic mass is 16.5. The first kappa shape index (κ1) is 25.6. The van der Waals surface area contributed by atoms with Crippen LogP contribution in [0.2, 0.25) is 0 Å². The van der Waals surface area contributed by atoms with Crippen LogP contribution >= 0.6 is 0 Å². The van der Waals surface area contributed by atoms with Crippen molar-refractivity contribution in [3.05, 3.63) is 82.8 Å². The van der Waals surface area contributed by atoms with E-state index in [1.165, 1.54) is 0 Å². The number of hydrogen-bond acceptors (Lipinski definition) is 4. The van der Waals surface area contributed by atoms with Gasteiger partial charge in [-0.15, -0.1) is 0 Å². The molecule has 0 saturated heterocycles. The smallest absolute Gasteiger partial charge is 0.160 e. The molecule has 0 radical (unpaired) electrons. The number of nitrogens with zero attached hydrogens (tertiary/aromatic N) is 3. The molecule has 6 heteroatoms. The van der Waals surface area contributed by atoms with E-state index in [1.807, 2.05) is 49.6 Å². The lowest BCUT2D eigenvalue weighted by atomic mass is 10.1. The molecule has 0 bridgehead atoms. The predicted molar refractivity (Wildman–Crippen MR) is 138 cm³/mol. The topological polar surface area (TPSA) is 77.7 Å². The van der Waals surface area contributed by atoms with Crippen LogP contribution in [0.15, 0.2) is 65.9 Å². The van der Waals surface area contributed by atoms with Crippen molar-refractivity contribution in [2.24, 2.45) is 10.7 Å². The average Bonchev–Trinajstić information content (AvgIpc) is 3.13.